The highest BCUT2D eigenvalue weighted by Crippen LogP contribution is 2.50. The van der Waals surface area contributed by atoms with Crippen LogP contribution in [0.1, 0.15) is 0 Å². The van der Waals surface area contributed by atoms with Gasteiger partial charge in [0.1, 0.15) is 0 Å². The number of carbonyl (C=O) groups is 1. The molecule has 1 saturated heterocycles. The fourth-order valence-electron chi connectivity index (χ4n) is 1.84. The van der Waals surface area contributed by atoms with E-state index in [1.54, 1.807) is 4.90 Å². The largest absolute Gasteiger partial charge is 0.345 e. The van der Waals surface area contributed by atoms with Crippen molar-refractivity contribution in [3.8, 4) is 6.07 Å². The van der Waals surface area contributed by atoms with Crippen molar-refractivity contribution < 1.29 is 4.79 Å². The van der Waals surface area contributed by atoms with Crippen molar-refractivity contribution in [2.24, 2.45) is 17.8 Å². The van der Waals surface area contributed by atoms with Crippen molar-refractivity contribution in [1.82, 2.24) is 4.90 Å². The van der Waals surface area contributed by atoms with Gasteiger partial charge in [0, 0.05) is 13.1 Å². The van der Waals surface area contributed by atoms with Crippen molar-refractivity contribution >= 4 is 6.41 Å². The number of hydrogen-bond acceptors (Lipinski definition) is 2. The van der Waals surface area contributed by atoms with Crippen LogP contribution in [0.5, 0.6) is 0 Å². The van der Waals surface area contributed by atoms with Crippen molar-refractivity contribution in [3.05, 3.63) is 0 Å². The van der Waals surface area contributed by atoms with E-state index in [2.05, 4.69) is 6.07 Å². The summed E-state index contributed by atoms with van der Waals surface area (Å²) >= 11 is 0. The second kappa shape index (κ2) is 1.72. The topological polar surface area (TPSA) is 44.1 Å². The van der Waals surface area contributed by atoms with E-state index in [4.69, 9.17) is 5.26 Å². The van der Waals surface area contributed by atoms with Crippen LogP contribution in [0.25, 0.3) is 0 Å². The Morgan fingerprint density at radius 1 is 1.50 bits per heavy atom. The number of piperidine rings is 1. The summed E-state index contributed by atoms with van der Waals surface area (Å²) in [5.74, 6) is 1.28. The minimum Gasteiger partial charge on any atom is -0.345 e. The summed E-state index contributed by atoms with van der Waals surface area (Å²) in [7, 11) is 0. The fraction of sp³-hybridized carbons (Fsp3) is 0.714. The number of nitrogens with zero attached hydrogens (tertiary/aromatic N) is 2. The first-order valence-corrected chi connectivity index (χ1v) is 3.46. The lowest BCUT2D eigenvalue weighted by Crippen LogP contribution is -2.22. The lowest BCUT2D eigenvalue weighted by Gasteiger charge is -2.09. The van der Waals surface area contributed by atoms with Crippen LogP contribution in [-0.4, -0.2) is 24.4 Å². The van der Waals surface area contributed by atoms with Crippen LogP contribution >= 0.6 is 0 Å². The Bertz CT molecular complexity index is 196. The minimum atomic E-state index is 0.260. The molecule has 2 fully saturated rings. The molecule has 3 heteroatoms. The smallest absolute Gasteiger partial charge is 0.209 e. The van der Waals surface area contributed by atoms with E-state index in [0.29, 0.717) is 11.8 Å². The van der Waals surface area contributed by atoms with E-state index in [0.717, 1.165) is 19.5 Å². The van der Waals surface area contributed by atoms with Crippen LogP contribution in [0.2, 0.25) is 0 Å². The summed E-state index contributed by atoms with van der Waals surface area (Å²) in [5.41, 5.74) is 0. The second-order valence-electron chi connectivity index (χ2n) is 3.04. The molecule has 0 aromatic carbocycles. The van der Waals surface area contributed by atoms with Gasteiger partial charge in [0.25, 0.3) is 0 Å². The van der Waals surface area contributed by atoms with Gasteiger partial charge >= 0.3 is 0 Å². The average molecular weight is 136 g/mol. The molecule has 3 nitrogen and oxygen atoms in total. The summed E-state index contributed by atoms with van der Waals surface area (Å²) in [6.07, 6.45) is 0.876. The van der Waals surface area contributed by atoms with E-state index >= 15 is 0 Å². The molecular formula is C7H8N2O. The summed E-state index contributed by atoms with van der Waals surface area (Å²) in [4.78, 5) is 12.0. The highest BCUT2D eigenvalue weighted by Gasteiger charge is 2.55. The predicted octanol–water partition coefficient (Wildman–Crippen LogP) is -0.156. The molecule has 52 valence electrons. The van der Waals surface area contributed by atoms with Gasteiger partial charge in [-0.1, -0.05) is 0 Å². The van der Waals surface area contributed by atoms with Gasteiger partial charge < -0.3 is 4.90 Å². The summed E-state index contributed by atoms with van der Waals surface area (Å²) < 4.78 is 0. The number of fused-ring (bicyclic) bond motifs is 1. The first kappa shape index (κ1) is 5.72. The maximum Gasteiger partial charge on any atom is 0.209 e. The molecule has 2 atom stereocenters. The minimum absolute atomic E-state index is 0.260. The SMILES string of the molecule is N#CC1C2CN(C=O)CC12. The van der Waals surface area contributed by atoms with Crippen molar-refractivity contribution in [2.75, 3.05) is 13.1 Å². The van der Waals surface area contributed by atoms with Gasteiger partial charge in [0.05, 0.1) is 12.0 Å². The zero-order valence-electron chi connectivity index (χ0n) is 5.53. The maximum atomic E-state index is 10.2. The Labute approximate surface area is 59.2 Å². The van der Waals surface area contributed by atoms with E-state index in [1.807, 2.05) is 0 Å². The monoisotopic (exact) mass is 136 g/mol. The van der Waals surface area contributed by atoms with Gasteiger partial charge in [-0.2, -0.15) is 5.26 Å². The van der Waals surface area contributed by atoms with Crippen molar-refractivity contribution in [1.29, 1.82) is 5.26 Å². The van der Waals surface area contributed by atoms with E-state index in [-0.39, 0.29) is 5.92 Å². The molecule has 0 aromatic rings. The Morgan fingerprint density at radius 3 is 2.50 bits per heavy atom. The number of likely N-dealkylation sites (tertiary alicyclic amines) is 1. The van der Waals surface area contributed by atoms with Crippen LogP contribution in [0.4, 0.5) is 0 Å². The molecule has 2 rings (SSSR count). The number of carbonyl (C=O) groups excluding carboxylic acids is 1. The molecule has 0 spiro atoms. The zero-order valence-corrected chi connectivity index (χ0v) is 5.53. The lowest BCUT2D eigenvalue weighted by molar-refractivity contribution is -0.117. The molecule has 2 unspecified atom stereocenters. The van der Waals surface area contributed by atoms with Crippen molar-refractivity contribution in [2.45, 2.75) is 0 Å². The van der Waals surface area contributed by atoms with Crippen LogP contribution in [0.3, 0.4) is 0 Å². The average Bonchev–Trinajstić information content (AvgIpc) is 2.43. The first-order chi connectivity index (χ1) is 4.86. The molecule has 1 aliphatic heterocycles. The van der Waals surface area contributed by atoms with E-state index in [9.17, 15) is 4.79 Å². The molecule has 0 N–H and O–H groups in total. The Kier molecular flexibility index (Phi) is 0.986. The molecule has 0 aromatic heterocycles. The quantitative estimate of drug-likeness (QED) is 0.470. The van der Waals surface area contributed by atoms with Gasteiger partial charge in [-0.15, -0.1) is 0 Å². The van der Waals surface area contributed by atoms with Crippen LogP contribution < -0.4 is 0 Å². The number of hydrogen-bond donors (Lipinski definition) is 0. The number of rotatable bonds is 1. The summed E-state index contributed by atoms with van der Waals surface area (Å²) in [6.45, 7) is 1.62. The Balaban J connectivity index is 1.97. The summed E-state index contributed by atoms with van der Waals surface area (Å²) in [6, 6.07) is 2.24. The number of nitriles is 1. The third-order valence-electron chi connectivity index (χ3n) is 2.52. The molecular weight excluding hydrogens is 128 g/mol. The van der Waals surface area contributed by atoms with Crippen molar-refractivity contribution in [3.63, 3.8) is 0 Å². The molecule has 1 heterocycles. The third kappa shape index (κ3) is 0.563. The van der Waals surface area contributed by atoms with Gasteiger partial charge in [0.2, 0.25) is 6.41 Å². The summed E-state index contributed by atoms with van der Waals surface area (Å²) in [5, 5.41) is 8.51. The standard InChI is InChI=1S/C7H8N2O/c8-1-5-6-2-9(4-10)3-7(5)6/h4-7H,2-3H2. The molecule has 0 radical (unpaired) electrons. The zero-order chi connectivity index (χ0) is 7.14. The lowest BCUT2D eigenvalue weighted by atomic mass is 10.3. The second-order valence-corrected chi connectivity index (χ2v) is 3.04. The van der Waals surface area contributed by atoms with Gasteiger partial charge in [0.15, 0.2) is 0 Å². The van der Waals surface area contributed by atoms with Crippen LogP contribution in [0.15, 0.2) is 0 Å². The highest BCUT2D eigenvalue weighted by atomic mass is 16.1. The first-order valence-electron chi connectivity index (χ1n) is 3.46. The Morgan fingerprint density at radius 2 is 2.10 bits per heavy atom. The molecule has 2 aliphatic rings. The van der Waals surface area contributed by atoms with E-state index in [1.165, 1.54) is 0 Å². The van der Waals surface area contributed by atoms with Crippen LogP contribution in [-0.2, 0) is 4.79 Å². The molecule has 10 heavy (non-hydrogen) atoms. The normalized spacial score (nSPS) is 42.3. The predicted molar refractivity (Wildman–Crippen MR) is 33.7 cm³/mol. The van der Waals surface area contributed by atoms with Gasteiger partial charge in [-0.3, -0.25) is 4.79 Å². The fourth-order valence-corrected chi connectivity index (χ4v) is 1.84. The highest BCUT2D eigenvalue weighted by molar-refractivity contribution is 5.49. The molecule has 1 saturated carbocycles. The van der Waals surface area contributed by atoms with Gasteiger partial charge in [-0.25, -0.2) is 0 Å². The van der Waals surface area contributed by atoms with Crippen LogP contribution in [0, 0.1) is 29.1 Å². The molecule has 0 bridgehead atoms. The Hall–Kier alpha value is -1.04. The third-order valence-corrected chi connectivity index (χ3v) is 2.52. The van der Waals surface area contributed by atoms with Gasteiger partial charge in [-0.05, 0) is 11.8 Å². The molecule has 1 aliphatic carbocycles. The van der Waals surface area contributed by atoms with E-state index < -0.39 is 0 Å². The molecule has 1 amide bonds. The maximum absolute atomic E-state index is 10.2. The number of amides is 1.